The third-order valence-corrected chi connectivity index (χ3v) is 25.1. The molecule has 26 rings (SSSR count). The quantitative estimate of drug-likeness (QED) is 0.114. The average molecular weight is 1680 g/mol. The summed E-state index contributed by atoms with van der Waals surface area (Å²) in [5.41, 5.74) is 30.0. The van der Waals surface area contributed by atoms with Gasteiger partial charge in [-0.25, -0.2) is 29.9 Å². The standard InChI is InChI=1S/2C46H30N4.C28H19N3/c1-4-16-31(17-5-1)38-30-39(32-18-6-2-7-19-32)48-46(47-38)50-41-27-13-11-23-37(41)45-35(25-15-29-43(45)50)34-24-14-28-42-44(34)36-22-10-12-26-40(36)49(42)33-20-8-3-9-21-33;1-4-14-31(15-5-1)40-30-41(32-16-6-2-7-17-32)48-46(47-40)50-43-23-13-11-21-37(43)39-29-34(25-27-45(39)50)33-24-26-44-38(28-33)36-20-10-12-22-42(36)49(44)35-18-8-3-9-19-35;1-3-11-20(12-4-1)24-19-25(21-13-5-2-6-14-21)30-28(29-24)31-26-17-9-7-15-22(26)23-16-8-10-18-27(23)31/h2*1-30H;1-19H. The Labute approximate surface area is 755 Å². The van der Waals surface area contributed by atoms with Crippen LogP contribution in [0.4, 0.5) is 0 Å². The van der Waals surface area contributed by atoms with E-state index < -0.39 is 0 Å². The summed E-state index contributed by atoms with van der Waals surface area (Å²) in [6.45, 7) is 0. The lowest BCUT2D eigenvalue weighted by molar-refractivity contribution is 0.995. The first-order chi connectivity index (χ1) is 65.0. The normalized spacial score (nSPS) is 11.5. The van der Waals surface area contributed by atoms with Crippen LogP contribution >= 0.6 is 0 Å². The van der Waals surface area contributed by atoms with Crippen LogP contribution in [0.2, 0.25) is 0 Å². The molecule has 614 valence electrons. The van der Waals surface area contributed by atoms with Crippen molar-refractivity contribution in [1.82, 2.24) is 52.7 Å². The number of para-hydroxylation sites is 8. The molecule has 0 radical (unpaired) electrons. The second-order valence-electron chi connectivity index (χ2n) is 32.8. The van der Waals surface area contributed by atoms with E-state index >= 15 is 0 Å². The van der Waals surface area contributed by atoms with E-state index in [1.165, 1.54) is 92.8 Å². The Morgan fingerprint density at radius 2 is 0.336 bits per heavy atom. The maximum absolute atomic E-state index is 5.25. The van der Waals surface area contributed by atoms with Crippen molar-refractivity contribution in [2.45, 2.75) is 0 Å². The summed E-state index contributed by atoms with van der Waals surface area (Å²) >= 11 is 0. The number of hydrogen-bond acceptors (Lipinski definition) is 6. The van der Waals surface area contributed by atoms with E-state index in [1.807, 2.05) is 60.7 Å². The molecule has 26 aromatic rings. The largest absolute Gasteiger partial charge is 0.309 e. The molecule has 0 aliphatic rings. The van der Waals surface area contributed by atoms with Gasteiger partial charge in [-0.15, -0.1) is 0 Å². The van der Waals surface area contributed by atoms with E-state index in [9.17, 15) is 0 Å². The summed E-state index contributed by atoms with van der Waals surface area (Å²) in [6, 6.07) is 168. The molecule has 0 saturated carbocycles. The van der Waals surface area contributed by atoms with E-state index in [0.717, 1.165) is 117 Å². The molecule has 11 heteroatoms. The number of fused-ring (bicyclic) bond motifs is 15. The van der Waals surface area contributed by atoms with Gasteiger partial charge in [0.05, 0.1) is 89.3 Å². The van der Waals surface area contributed by atoms with Crippen LogP contribution in [0.5, 0.6) is 0 Å². The van der Waals surface area contributed by atoms with Crippen molar-refractivity contribution in [1.29, 1.82) is 0 Å². The molecule has 18 aromatic carbocycles. The molecule has 0 spiro atoms. The van der Waals surface area contributed by atoms with E-state index in [-0.39, 0.29) is 0 Å². The summed E-state index contributed by atoms with van der Waals surface area (Å²) in [4.78, 5) is 30.9. The molecule has 0 bridgehead atoms. The SMILES string of the molecule is c1ccc(-c2cc(-c3ccccc3)nc(-n3c4ccccc4c4c(-c5cccc6c5c5ccccc5n6-c5ccccc5)cccc43)n2)cc1.c1ccc(-c2cc(-c3ccccc3)nc(-n3c4ccccc4c4cc(-c5ccc6c(c5)c5ccccc5n6-c5ccccc5)ccc43)n2)cc1.c1ccc(-c2cc(-c3ccccc3)nc(-n3c4ccccc4c4ccccc43)n2)cc1. The lowest BCUT2D eigenvalue weighted by Crippen LogP contribution is -2.04. The summed E-state index contributed by atoms with van der Waals surface area (Å²) in [7, 11) is 0. The lowest BCUT2D eigenvalue weighted by Gasteiger charge is -2.12. The van der Waals surface area contributed by atoms with Crippen LogP contribution in [-0.4, -0.2) is 52.7 Å². The molecule has 0 unspecified atom stereocenters. The van der Waals surface area contributed by atoms with Gasteiger partial charge in [0.2, 0.25) is 17.8 Å². The van der Waals surface area contributed by atoms with Gasteiger partial charge in [-0.2, -0.15) is 0 Å². The van der Waals surface area contributed by atoms with Crippen molar-refractivity contribution in [3.8, 4) is 119 Å². The summed E-state index contributed by atoms with van der Waals surface area (Å²) in [5.74, 6) is 1.98. The van der Waals surface area contributed by atoms with Gasteiger partial charge in [0, 0.05) is 98.6 Å². The van der Waals surface area contributed by atoms with E-state index in [1.54, 1.807) is 0 Å². The highest BCUT2D eigenvalue weighted by Crippen LogP contribution is 2.46. The Hall–Kier alpha value is -17.8. The summed E-state index contributed by atoms with van der Waals surface area (Å²) in [5, 5.41) is 12.0. The maximum atomic E-state index is 5.25. The molecule has 0 amide bonds. The zero-order chi connectivity index (χ0) is 86.7. The van der Waals surface area contributed by atoms with Gasteiger partial charge in [-0.05, 0) is 138 Å². The molecule has 0 saturated heterocycles. The maximum Gasteiger partial charge on any atom is 0.235 e. The molecular formula is C120H79N11. The molecule has 0 aliphatic carbocycles. The first-order valence-electron chi connectivity index (χ1n) is 44.2. The molecule has 0 fully saturated rings. The van der Waals surface area contributed by atoms with Crippen molar-refractivity contribution in [2.24, 2.45) is 0 Å². The van der Waals surface area contributed by atoms with Crippen molar-refractivity contribution >= 4 is 109 Å². The molecule has 8 aromatic heterocycles. The number of hydrogen-bond donors (Lipinski definition) is 0. The van der Waals surface area contributed by atoms with Gasteiger partial charge in [0.1, 0.15) is 0 Å². The fraction of sp³-hybridized carbons (Fsp3) is 0. The Morgan fingerprint density at radius 1 is 0.130 bits per heavy atom. The van der Waals surface area contributed by atoms with Crippen LogP contribution < -0.4 is 0 Å². The first-order valence-corrected chi connectivity index (χ1v) is 44.2. The summed E-state index contributed by atoms with van der Waals surface area (Å²) in [6.07, 6.45) is 0. The van der Waals surface area contributed by atoms with Gasteiger partial charge in [-0.3, -0.25) is 13.7 Å². The van der Waals surface area contributed by atoms with E-state index in [2.05, 4.69) is 441 Å². The van der Waals surface area contributed by atoms with Crippen molar-refractivity contribution in [3.63, 3.8) is 0 Å². The van der Waals surface area contributed by atoms with Crippen LogP contribution in [0.1, 0.15) is 0 Å². The molecule has 0 atom stereocenters. The number of aromatic nitrogens is 11. The zero-order valence-electron chi connectivity index (χ0n) is 71.0. The Balaban J connectivity index is 0.000000112. The second kappa shape index (κ2) is 32.9. The van der Waals surface area contributed by atoms with Crippen molar-refractivity contribution in [2.75, 3.05) is 0 Å². The first kappa shape index (κ1) is 76.8. The molecular weight excluding hydrogens is 1600 g/mol. The van der Waals surface area contributed by atoms with E-state index in [4.69, 9.17) is 29.9 Å². The fourth-order valence-corrected chi connectivity index (χ4v) is 19.2. The van der Waals surface area contributed by atoms with Crippen LogP contribution in [0.3, 0.4) is 0 Å². The Bertz CT molecular complexity index is 8580. The average Bonchev–Trinajstić information content (AvgIpc) is 1.55. The monoisotopic (exact) mass is 1670 g/mol. The second-order valence-corrected chi connectivity index (χ2v) is 32.8. The molecule has 11 nitrogen and oxygen atoms in total. The van der Waals surface area contributed by atoms with Crippen LogP contribution in [0.15, 0.2) is 479 Å². The lowest BCUT2D eigenvalue weighted by atomic mass is 9.95. The Kier molecular flexibility index (Phi) is 19.3. The molecule has 0 N–H and O–H groups in total. The highest BCUT2D eigenvalue weighted by molar-refractivity contribution is 6.23. The third-order valence-electron chi connectivity index (χ3n) is 25.1. The number of benzene rings is 18. The zero-order valence-corrected chi connectivity index (χ0v) is 71.0. The van der Waals surface area contributed by atoms with Gasteiger partial charge in [0.15, 0.2) is 0 Å². The van der Waals surface area contributed by atoms with Gasteiger partial charge >= 0.3 is 0 Å². The minimum Gasteiger partial charge on any atom is -0.309 e. The predicted molar refractivity (Wildman–Crippen MR) is 541 cm³/mol. The van der Waals surface area contributed by atoms with Crippen molar-refractivity contribution < 1.29 is 0 Å². The number of nitrogens with zero attached hydrogens (tertiary/aromatic N) is 11. The molecule has 0 aliphatic heterocycles. The highest BCUT2D eigenvalue weighted by Gasteiger charge is 2.26. The molecule has 131 heavy (non-hydrogen) atoms. The van der Waals surface area contributed by atoms with Crippen LogP contribution in [0, 0.1) is 0 Å². The van der Waals surface area contributed by atoms with Crippen LogP contribution in [0.25, 0.3) is 228 Å². The highest BCUT2D eigenvalue weighted by atomic mass is 15.2. The topological polar surface area (TPSA) is 102 Å². The minimum atomic E-state index is 0.646. The minimum absolute atomic E-state index is 0.646. The number of rotatable bonds is 13. The van der Waals surface area contributed by atoms with E-state index in [0.29, 0.717) is 17.8 Å². The van der Waals surface area contributed by atoms with Gasteiger partial charge in [-0.1, -0.05) is 364 Å². The van der Waals surface area contributed by atoms with Crippen LogP contribution in [-0.2, 0) is 0 Å². The fourth-order valence-electron chi connectivity index (χ4n) is 19.2. The molecule has 8 heterocycles. The van der Waals surface area contributed by atoms with Gasteiger partial charge in [0.25, 0.3) is 0 Å². The van der Waals surface area contributed by atoms with Gasteiger partial charge < -0.3 is 9.13 Å². The predicted octanol–water partition coefficient (Wildman–Crippen LogP) is 30.3. The third kappa shape index (κ3) is 13.8. The summed E-state index contributed by atoms with van der Waals surface area (Å²) < 4.78 is 11.4. The Morgan fingerprint density at radius 3 is 0.649 bits per heavy atom. The smallest absolute Gasteiger partial charge is 0.235 e. The van der Waals surface area contributed by atoms with Crippen molar-refractivity contribution in [3.05, 3.63) is 479 Å².